The first-order valence-electron chi connectivity index (χ1n) is 7.16. The summed E-state index contributed by atoms with van der Waals surface area (Å²) in [5.74, 6) is 0.0610. The Morgan fingerprint density at radius 1 is 1.14 bits per heavy atom. The molecule has 3 atom stereocenters. The molecule has 1 N–H and O–H groups in total. The molecule has 2 heterocycles. The van der Waals surface area contributed by atoms with Gasteiger partial charge in [0, 0.05) is 34.4 Å². The minimum atomic E-state index is -0.168. The van der Waals surface area contributed by atoms with E-state index in [0.29, 0.717) is 17.2 Å². The molecule has 2 nitrogen and oxygen atoms in total. The van der Waals surface area contributed by atoms with Crippen LogP contribution >= 0.6 is 11.6 Å². The van der Waals surface area contributed by atoms with Crippen LogP contribution in [0.3, 0.4) is 0 Å². The predicted octanol–water partition coefficient (Wildman–Crippen LogP) is 4.72. The molecule has 0 aromatic heterocycles. The van der Waals surface area contributed by atoms with Crippen LogP contribution in [0, 0.1) is 11.7 Å². The maximum absolute atomic E-state index is 14.2. The van der Waals surface area contributed by atoms with Gasteiger partial charge < -0.3 is 10.1 Å². The summed E-state index contributed by atoms with van der Waals surface area (Å²) < 4.78 is 20.1. The van der Waals surface area contributed by atoms with Gasteiger partial charge in [-0.05, 0) is 30.7 Å². The molecule has 0 bridgehead atoms. The molecule has 1 saturated heterocycles. The van der Waals surface area contributed by atoms with Gasteiger partial charge in [0.1, 0.15) is 5.82 Å². The predicted molar refractivity (Wildman–Crippen MR) is 81.0 cm³/mol. The van der Waals surface area contributed by atoms with Gasteiger partial charge in [-0.2, -0.15) is 0 Å². The number of fused-ring (bicyclic) bond motifs is 3. The Morgan fingerprint density at radius 2 is 2.00 bits per heavy atom. The monoisotopic (exact) mass is 303 g/mol. The van der Waals surface area contributed by atoms with E-state index in [1.54, 1.807) is 6.07 Å². The van der Waals surface area contributed by atoms with Gasteiger partial charge in [0.25, 0.3) is 0 Å². The quantitative estimate of drug-likeness (QED) is 0.823. The van der Waals surface area contributed by atoms with E-state index in [4.69, 9.17) is 16.3 Å². The van der Waals surface area contributed by atoms with Crippen molar-refractivity contribution in [1.82, 2.24) is 0 Å². The first kappa shape index (κ1) is 13.1. The molecule has 0 aliphatic carbocycles. The fourth-order valence-corrected chi connectivity index (χ4v) is 3.66. The van der Waals surface area contributed by atoms with Crippen LogP contribution in [0.5, 0.6) is 0 Å². The van der Waals surface area contributed by atoms with Crippen molar-refractivity contribution in [2.45, 2.75) is 18.6 Å². The fourth-order valence-electron chi connectivity index (χ4n) is 3.48. The van der Waals surface area contributed by atoms with Gasteiger partial charge >= 0.3 is 0 Å². The number of anilines is 1. The molecule has 108 valence electrons. The maximum Gasteiger partial charge on any atom is 0.128 e. The Hall–Kier alpha value is -1.58. The molecule has 0 amide bonds. The Bertz CT molecular complexity index is 690. The molecule has 2 aliphatic rings. The summed E-state index contributed by atoms with van der Waals surface area (Å²) in [5.41, 5.74) is 2.77. The number of halogens is 2. The second kappa shape index (κ2) is 5.00. The third-order valence-corrected chi connectivity index (χ3v) is 4.67. The number of hydrogen-bond donors (Lipinski definition) is 1. The minimum absolute atomic E-state index is 0.00967. The van der Waals surface area contributed by atoms with E-state index < -0.39 is 0 Å². The van der Waals surface area contributed by atoms with Crippen LogP contribution < -0.4 is 5.32 Å². The molecule has 4 heteroatoms. The van der Waals surface area contributed by atoms with E-state index in [9.17, 15) is 4.39 Å². The largest absolute Gasteiger partial charge is 0.377 e. The average Bonchev–Trinajstić information content (AvgIpc) is 2.97. The zero-order valence-electron chi connectivity index (χ0n) is 11.4. The fraction of sp³-hybridized carbons (Fsp3) is 0.294. The van der Waals surface area contributed by atoms with Crippen LogP contribution in [0.4, 0.5) is 10.1 Å². The lowest BCUT2D eigenvalue weighted by Gasteiger charge is -2.36. The van der Waals surface area contributed by atoms with E-state index in [1.165, 1.54) is 6.07 Å². The highest BCUT2D eigenvalue weighted by molar-refractivity contribution is 6.30. The van der Waals surface area contributed by atoms with Crippen molar-refractivity contribution < 1.29 is 9.13 Å². The summed E-state index contributed by atoms with van der Waals surface area (Å²) in [4.78, 5) is 0. The number of nitrogens with one attached hydrogen (secondary N) is 1. The lowest BCUT2D eigenvalue weighted by Crippen LogP contribution is -2.29. The van der Waals surface area contributed by atoms with Crippen molar-refractivity contribution in [2.24, 2.45) is 5.92 Å². The van der Waals surface area contributed by atoms with Gasteiger partial charge in [-0.3, -0.25) is 0 Å². The van der Waals surface area contributed by atoms with Gasteiger partial charge in [0.15, 0.2) is 0 Å². The summed E-state index contributed by atoms with van der Waals surface area (Å²) in [6.45, 7) is 0.702. The molecule has 0 spiro atoms. The molecular formula is C17H15ClFNO. The summed E-state index contributed by atoms with van der Waals surface area (Å²) in [7, 11) is 0. The van der Waals surface area contributed by atoms with Gasteiger partial charge in [-0.15, -0.1) is 0 Å². The minimum Gasteiger partial charge on any atom is -0.377 e. The van der Waals surface area contributed by atoms with Crippen LogP contribution in [0.25, 0.3) is 0 Å². The Kier molecular flexibility index (Phi) is 3.12. The van der Waals surface area contributed by atoms with E-state index >= 15 is 0 Å². The lowest BCUT2D eigenvalue weighted by atomic mass is 9.81. The first-order chi connectivity index (χ1) is 10.2. The maximum atomic E-state index is 14.2. The van der Waals surface area contributed by atoms with Gasteiger partial charge in [-0.1, -0.05) is 29.8 Å². The van der Waals surface area contributed by atoms with Gasteiger partial charge in [0.2, 0.25) is 0 Å². The summed E-state index contributed by atoms with van der Waals surface area (Å²) in [5, 5.41) is 4.18. The molecule has 0 unspecified atom stereocenters. The topological polar surface area (TPSA) is 21.3 Å². The van der Waals surface area contributed by atoms with Crippen LogP contribution in [0.1, 0.15) is 29.7 Å². The van der Waals surface area contributed by atoms with Crippen molar-refractivity contribution >= 4 is 17.3 Å². The van der Waals surface area contributed by atoms with Gasteiger partial charge in [-0.25, -0.2) is 4.39 Å². The highest BCUT2D eigenvalue weighted by Crippen LogP contribution is 2.50. The number of benzene rings is 2. The molecule has 1 fully saturated rings. The molecular weight excluding hydrogens is 289 g/mol. The Morgan fingerprint density at radius 3 is 2.86 bits per heavy atom. The summed E-state index contributed by atoms with van der Waals surface area (Å²) in [6.07, 6.45) is 0.910. The number of hydrogen-bond acceptors (Lipinski definition) is 2. The molecule has 0 saturated carbocycles. The number of ether oxygens (including phenoxy) is 1. The highest BCUT2D eigenvalue weighted by atomic mass is 35.5. The molecule has 4 rings (SSSR count). The average molecular weight is 304 g/mol. The van der Waals surface area contributed by atoms with Crippen molar-refractivity contribution in [3.63, 3.8) is 0 Å². The molecule has 2 aromatic carbocycles. The lowest BCUT2D eigenvalue weighted by molar-refractivity contribution is 0.0826. The zero-order chi connectivity index (χ0) is 14.4. The first-order valence-corrected chi connectivity index (χ1v) is 7.54. The number of rotatable bonds is 1. The zero-order valence-corrected chi connectivity index (χ0v) is 12.1. The van der Waals surface area contributed by atoms with Crippen molar-refractivity contribution in [3.05, 3.63) is 64.4 Å². The van der Waals surface area contributed by atoms with Crippen molar-refractivity contribution in [1.29, 1.82) is 0 Å². The van der Waals surface area contributed by atoms with Crippen molar-refractivity contribution in [2.75, 3.05) is 11.9 Å². The molecule has 2 aromatic rings. The molecule has 2 aliphatic heterocycles. The normalized spacial score (nSPS) is 26.9. The Labute approximate surface area is 127 Å². The third kappa shape index (κ3) is 2.12. The van der Waals surface area contributed by atoms with Gasteiger partial charge in [0.05, 0.1) is 12.1 Å². The summed E-state index contributed by atoms with van der Waals surface area (Å²) >= 11 is 6.10. The van der Waals surface area contributed by atoms with Crippen LogP contribution in [0.2, 0.25) is 5.02 Å². The standard InChI is InChI=1S/C17H15ClFNO/c18-10-5-6-15-13(9-10)17-12(7-8-21-17)16(20-15)11-3-1-2-4-14(11)19/h1-6,9,12,16-17,20H,7-8H2/t12-,16+,17-/m1/s1. The second-order valence-electron chi connectivity index (χ2n) is 5.62. The Balaban J connectivity index is 1.81. The molecule has 0 radical (unpaired) electrons. The van der Waals surface area contributed by atoms with Crippen LogP contribution in [0.15, 0.2) is 42.5 Å². The smallest absolute Gasteiger partial charge is 0.128 e. The van der Waals surface area contributed by atoms with E-state index in [2.05, 4.69) is 5.32 Å². The highest BCUT2D eigenvalue weighted by Gasteiger charge is 2.42. The van der Waals surface area contributed by atoms with E-state index in [0.717, 1.165) is 17.7 Å². The van der Waals surface area contributed by atoms with Crippen LogP contribution in [-0.4, -0.2) is 6.61 Å². The van der Waals surface area contributed by atoms with Crippen LogP contribution in [-0.2, 0) is 4.74 Å². The second-order valence-corrected chi connectivity index (χ2v) is 6.06. The third-order valence-electron chi connectivity index (χ3n) is 4.44. The summed E-state index contributed by atoms with van der Waals surface area (Å²) in [6, 6.07) is 12.6. The van der Waals surface area contributed by atoms with E-state index in [-0.39, 0.29) is 23.9 Å². The molecule has 21 heavy (non-hydrogen) atoms. The van der Waals surface area contributed by atoms with E-state index in [1.807, 2.05) is 30.3 Å². The SMILES string of the molecule is Fc1ccccc1[C@@H]1Nc2ccc(Cl)cc2[C@@H]2OCC[C@H]12. The van der Waals surface area contributed by atoms with Crippen molar-refractivity contribution in [3.8, 4) is 0 Å².